The molecule has 2 aromatic rings. The van der Waals surface area contributed by atoms with Crippen molar-refractivity contribution < 1.29 is 43.2 Å². The Kier molecular flexibility index (Phi) is 10.3. The van der Waals surface area contributed by atoms with Crippen molar-refractivity contribution in [2.75, 3.05) is 27.4 Å². The smallest absolute Gasteiger partial charge is 0.337 e. The molecule has 2 aromatic carbocycles. The molecule has 1 heterocycles. The molecule has 0 spiro atoms. The van der Waals surface area contributed by atoms with Gasteiger partial charge in [0.05, 0.1) is 38.7 Å². The third kappa shape index (κ3) is 7.63. The summed E-state index contributed by atoms with van der Waals surface area (Å²) in [5, 5.41) is 19.6. The Morgan fingerprint density at radius 3 is 2.52 bits per heavy atom. The normalized spacial score (nSPS) is 15.6. The molecule has 0 radical (unpaired) electrons. The average Bonchev–Trinajstić information content (AvgIpc) is 2.92. The van der Waals surface area contributed by atoms with Gasteiger partial charge in [-0.05, 0) is 55.3 Å². The van der Waals surface area contributed by atoms with E-state index in [-0.39, 0.29) is 17.9 Å². The quantitative estimate of drug-likeness (QED) is 0.100. The molecule has 40 heavy (non-hydrogen) atoms. The molecule has 1 aliphatic rings. The van der Waals surface area contributed by atoms with Gasteiger partial charge in [0.2, 0.25) is 0 Å². The van der Waals surface area contributed by atoms with Gasteiger partial charge in [-0.25, -0.2) is 9.59 Å². The van der Waals surface area contributed by atoms with Crippen molar-refractivity contribution in [3.63, 3.8) is 0 Å². The zero-order valence-electron chi connectivity index (χ0n) is 22.8. The molecule has 0 aromatic heterocycles. The van der Waals surface area contributed by atoms with Gasteiger partial charge in [0.1, 0.15) is 6.61 Å². The Hall–Kier alpha value is -4.78. The highest BCUT2D eigenvalue weighted by atomic mass is 16.6. The molecule has 214 valence electrons. The summed E-state index contributed by atoms with van der Waals surface area (Å²) >= 11 is 0. The molecular formula is C27H32N4O9. The van der Waals surface area contributed by atoms with E-state index in [0.717, 1.165) is 0 Å². The third-order valence-corrected chi connectivity index (χ3v) is 5.55. The first-order valence-electron chi connectivity index (χ1n) is 12.3. The summed E-state index contributed by atoms with van der Waals surface area (Å²) in [6.45, 7) is 4.85. The number of methoxy groups -OCH3 is 2. The number of rotatable bonds is 12. The summed E-state index contributed by atoms with van der Waals surface area (Å²) in [7, 11) is 2.71. The maximum absolute atomic E-state index is 12.4. The number of ether oxygens (including phenoxy) is 5. The Labute approximate surface area is 231 Å². The number of hydrogen-bond donors (Lipinski definition) is 4. The van der Waals surface area contributed by atoms with Crippen molar-refractivity contribution in [1.29, 1.82) is 0 Å². The molecule has 3 rings (SSSR count). The van der Waals surface area contributed by atoms with Crippen LogP contribution in [0, 0.1) is 0 Å². The number of aliphatic hydroxyl groups excluding tert-OH is 1. The van der Waals surface area contributed by atoms with Crippen LogP contribution in [0.2, 0.25) is 0 Å². The SMILES string of the molecule is CCOc1cc([C@@H]2NC(=O)NC(C)=C2C(=O)OC)ccc1OC[C@H](O)N/N=C\c1ccc(OC(C)=O)c(OC)c1. The maximum Gasteiger partial charge on any atom is 0.337 e. The summed E-state index contributed by atoms with van der Waals surface area (Å²) in [5.41, 5.74) is 4.40. The van der Waals surface area contributed by atoms with Crippen molar-refractivity contribution in [3.8, 4) is 23.0 Å². The fraction of sp³-hybridized carbons (Fsp3) is 0.333. The third-order valence-electron chi connectivity index (χ3n) is 5.55. The second kappa shape index (κ2) is 13.8. The number of urea groups is 1. The first-order chi connectivity index (χ1) is 19.2. The topological polar surface area (TPSA) is 166 Å². The molecule has 0 bridgehead atoms. The van der Waals surface area contributed by atoms with Crippen LogP contribution in [0.25, 0.3) is 0 Å². The molecule has 0 unspecified atom stereocenters. The molecule has 2 atom stereocenters. The number of benzene rings is 2. The first-order valence-corrected chi connectivity index (χ1v) is 12.3. The van der Waals surface area contributed by atoms with Gasteiger partial charge in [0.15, 0.2) is 29.2 Å². The average molecular weight is 557 g/mol. The van der Waals surface area contributed by atoms with Crippen LogP contribution in [0.4, 0.5) is 4.79 Å². The van der Waals surface area contributed by atoms with Crippen LogP contribution in [0.15, 0.2) is 52.8 Å². The molecule has 13 heteroatoms. The van der Waals surface area contributed by atoms with Gasteiger partial charge in [-0.15, -0.1) is 0 Å². The molecule has 4 N–H and O–H groups in total. The number of amides is 2. The summed E-state index contributed by atoms with van der Waals surface area (Å²) < 4.78 is 26.6. The van der Waals surface area contributed by atoms with E-state index in [2.05, 4.69) is 21.2 Å². The molecule has 1 aliphatic heterocycles. The zero-order chi connectivity index (χ0) is 29.2. The van der Waals surface area contributed by atoms with Crippen LogP contribution in [-0.4, -0.2) is 63.0 Å². The highest BCUT2D eigenvalue weighted by Crippen LogP contribution is 2.35. The Balaban J connectivity index is 1.68. The van der Waals surface area contributed by atoms with Gasteiger partial charge in [-0.3, -0.25) is 10.2 Å². The van der Waals surface area contributed by atoms with Gasteiger partial charge in [0, 0.05) is 12.6 Å². The minimum atomic E-state index is -1.17. The fourth-order valence-electron chi connectivity index (χ4n) is 3.82. The van der Waals surface area contributed by atoms with Crippen molar-refractivity contribution >= 4 is 24.2 Å². The van der Waals surface area contributed by atoms with Crippen LogP contribution in [-0.2, 0) is 14.3 Å². The first kappa shape index (κ1) is 29.8. The predicted octanol–water partition coefficient (Wildman–Crippen LogP) is 2.14. The van der Waals surface area contributed by atoms with Crippen LogP contribution >= 0.6 is 0 Å². The van der Waals surface area contributed by atoms with Gasteiger partial charge in [0.25, 0.3) is 0 Å². The van der Waals surface area contributed by atoms with Crippen molar-refractivity contribution in [2.45, 2.75) is 33.0 Å². The Bertz CT molecular complexity index is 1310. The van der Waals surface area contributed by atoms with Gasteiger partial charge < -0.3 is 39.4 Å². The van der Waals surface area contributed by atoms with Crippen molar-refractivity contribution in [1.82, 2.24) is 16.1 Å². The lowest BCUT2D eigenvalue weighted by molar-refractivity contribution is -0.136. The molecule has 0 saturated carbocycles. The fourth-order valence-corrected chi connectivity index (χ4v) is 3.82. The second-order valence-electron chi connectivity index (χ2n) is 8.42. The van der Waals surface area contributed by atoms with Gasteiger partial charge in [-0.1, -0.05) is 6.07 Å². The highest BCUT2D eigenvalue weighted by molar-refractivity contribution is 5.95. The minimum absolute atomic E-state index is 0.179. The number of nitrogens with zero attached hydrogens (tertiary/aromatic N) is 1. The van der Waals surface area contributed by atoms with E-state index in [4.69, 9.17) is 23.7 Å². The van der Waals surface area contributed by atoms with E-state index in [1.807, 2.05) is 0 Å². The van der Waals surface area contributed by atoms with E-state index in [1.165, 1.54) is 27.4 Å². The largest absolute Gasteiger partial charge is 0.493 e. The summed E-state index contributed by atoms with van der Waals surface area (Å²) in [4.78, 5) is 35.7. The Morgan fingerprint density at radius 2 is 1.85 bits per heavy atom. The van der Waals surface area contributed by atoms with Crippen molar-refractivity contribution in [3.05, 3.63) is 58.8 Å². The standard InChI is InChI=1S/C27H32N4O9/c1-6-38-22-12-18(25-24(26(34)37-5)15(2)29-27(35)30-25)8-10-19(22)39-14-23(33)31-28-13-17-7-9-20(40-16(3)32)21(11-17)36-4/h7-13,23,25,31,33H,6,14H2,1-5H3,(H2,29,30,35)/b28-13-/t23-,25-/m0/s1. The lowest BCUT2D eigenvalue weighted by Gasteiger charge is -2.28. The number of carbonyl (C=O) groups is 3. The number of allylic oxidation sites excluding steroid dienone is 1. The number of nitrogens with one attached hydrogen (secondary N) is 3. The van der Waals surface area contributed by atoms with Gasteiger partial charge >= 0.3 is 18.0 Å². The number of carbonyl (C=O) groups excluding carboxylic acids is 3. The van der Waals surface area contributed by atoms with Crippen LogP contribution < -0.4 is 35.0 Å². The highest BCUT2D eigenvalue weighted by Gasteiger charge is 2.32. The van der Waals surface area contributed by atoms with E-state index in [0.29, 0.717) is 40.7 Å². The van der Waals surface area contributed by atoms with E-state index >= 15 is 0 Å². The monoisotopic (exact) mass is 556 g/mol. The molecule has 13 nitrogen and oxygen atoms in total. The van der Waals surface area contributed by atoms with Crippen LogP contribution in [0.5, 0.6) is 23.0 Å². The minimum Gasteiger partial charge on any atom is -0.493 e. The molecule has 2 amide bonds. The summed E-state index contributed by atoms with van der Waals surface area (Å²) in [6.07, 6.45) is 0.277. The number of hydrogen-bond acceptors (Lipinski definition) is 11. The maximum atomic E-state index is 12.4. The number of esters is 2. The zero-order valence-corrected chi connectivity index (χ0v) is 22.8. The predicted molar refractivity (Wildman–Crippen MR) is 143 cm³/mol. The lowest BCUT2D eigenvalue weighted by Crippen LogP contribution is -2.45. The molecule has 0 fully saturated rings. The number of aliphatic hydroxyl groups is 1. The lowest BCUT2D eigenvalue weighted by atomic mass is 9.95. The van der Waals surface area contributed by atoms with Crippen molar-refractivity contribution in [2.24, 2.45) is 5.10 Å². The summed E-state index contributed by atoms with van der Waals surface area (Å²) in [6, 6.07) is 8.57. The second-order valence-corrected chi connectivity index (χ2v) is 8.42. The van der Waals surface area contributed by atoms with E-state index < -0.39 is 30.2 Å². The van der Waals surface area contributed by atoms with Crippen LogP contribution in [0.1, 0.15) is 37.9 Å². The van der Waals surface area contributed by atoms with E-state index in [1.54, 1.807) is 50.2 Å². The Morgan fingerprint density at radius 1 is 1.10 bits per heavy atom. The number of hydrazone groups is 1. The van der Waals surface area contributed by atoms with Crippen LogP contribution in [0.3, 0.4) is 0 Å². The molecule has 0 saturated heterocycles. The summed E-state index contributed by atoms with van der Waals surface area (Å²) in [5.74, 6) is 0.264. The molecular weight excluding hydrogens is 524 g/mol. The van der Waals surface area contributed by atoms with E-state index in [9.17, 15) is 19.5 Å². The molecule has 0 aliphatic carbocycles. The van der Waals surface area contributed by atoms with Gasteiger partial charge in [-0.2, -0.15) is 5.10 Å².